The topological polar surface area (TPSA) is 36.9 Å². The van der Waals surface area contributed by atoms with E-state index in [-0.39, 0.29) is 17.8 Å². The van der Waals surface area contributed by atoms with E-state index in [0.29, 0.717) is 17.1 Å². The summed E-state index contributed by atoms with van der Waals surface area (Å²) in [6.07, 6.45) is 4.84. The van der Waals surface area contributed by atoms with E-state index in [1.165, 1.54) is 23.5 Å². The maximum atomic E-state index is 6.53. The third kappa shape index (κ3) is 7.56. The van der Waals surface area contributed by atoms with Crippen LogP contribution in [0.1, 0.15) is 65.9 Å². The van der Waals surface area contributed by atoms with Crippen LogP contribution in [0, 0.1) is 5.92 Å². The lowest BCUT2D eigenvalue weighted by molar-refractivity contribution is -0.157. The van der Waals surface area contributed by atoms with Crippen LogP contribution in [-0.4, -0.2) is 46.8 Å². The molecule has 2 heterocycles. The van der Waals surface area contributed by atoms with Crippen molar-refractivity contribution in [3.05, 3.63) is 29.8 Å². The van der Waals surface area contributed by atoms with E-state index in [4.69, 9.17) is 18.9 Å². The van der Waals surface area contributed by atoms with Crippen LogP contribution in [0.4, 0.5) is 0 Å². The molecule has 0 saturated carbocycles. The summed E-state index contributed by atoms with van der Waals surface area (Å²) in [7, 11) is 1.70. The number of ether oxygens (including phenoxy) is 4. The quantitative estimate of drug-likeness (QED) is 0.389. The molecule has 31 heavy (non-hydrogen) atoms. The molecule has 2 aliphatic rings. The van der Waals surface area contributed by atoms with E-state index < -0.39 is 5.79 Å². The number of hydrogen-bond acceptors (Lipinski definition) is 6. The first-order valence-corrected chi connectivity index (χ1v) is 13.6. The fourth-order valence-corrected chi connectivity index (χ4v) is 7.41. The van der Waals surface area contributed by atoms with Crippen molar-refractivity contribution in [1.29, 1.82) is 0 Å². The van der Waals surface area contributed by atoms with Crippen LogP contribution in [0.3, 0.4) is 0 Å². The van der Waals surface area contributed by atoms with Gasteiger partial charge in [0.2, 0.25) is 0 Å². The number of rotatable bonds is 10. The van der Waals surface area contributed by atoms with Crippen LogP contribution in [0.25, 0.3) is 0 Å². The van der Waals surface area contributed by atoms with E-state index in [1.54, 1.807) is 7.11 Å². The second-order valence-electron chi connectivity index (χ2n) is 9.72. The summed E-state index contributed by atoms with van der Waals surface area (Å²) in [5.41, 5.74) is 0.940. The summed E-state index contributed by atoms with van der Waals surface area (Å²) in [6, 6.07) is 8.20. The molecule has 0 unspecified atom stereocenters. The van der Waals surface area contributed by atoms with Crippen molar-refractivity contribution in [2.24, 2.45) is 5.92 Å². The van der Waals surface area contributed by atoms with Crippen molar-refractivity contribution in [2.45, 2.75) is 95.1 Å². The maximum Gasteiger partial charge on any atom is 0.164 e. The molecule has 0 spiro atoms. The third-order valence-corrected chi connectivity index (χ3v) is 9.17. The van der Waals surface area contributed by atoms with Crippen LogP contribution in [0.15, 0.2) is 24.3 Å². The van der Waals surface area contributed by atoms with Crippen molar-refractivity contribution < 1.29 is 18.9 Å². The van der Waals surface area contributed by atoms with Gasteiger partial charge in [0.1, 0.15) is 5.75 Å². The molecule has 6 heteroatoms. The SMILES string of the molecule is COc1ccc(CO[C@H](CC2SCCCS2)[C@@H](C)CC[C@@H]2OC(C)(C)OC2(C)C)cc1. The summed E-state index contributed by atoms with van der Waals surface area (Å²) < 4.78 is 24.8. The number of hydrogen-bond donors (Lipinski definition) is 0. The molecule has 176 valence electrons. The van der Waals surface area contributed by atoms with Gasteiger partial charge in [0.15, 0.2) is 5.79 Å². The van der Waals surface area contributed by atoms with Crippen molar-refractivity contribution in [3.8, 4) is 5.75 Å². The smallest absolute Gasteiger partial charge is 0.164 e. The molecule has 0 aliphatic carbocycles. The molecular weight excluding hydrogens is 428 g/mol. The molecule has 2 aliphatic heterocycles. The van der Waals surface area contributed by atoms with Gasteiger partial charge in [-0.05, 0) is 88.5 Å². The van der Waals surface area contributed by atoms with Gasteiger partial charge in [-0.25, -0.2) is 0 Å². The van der Waals surface area contributed by atoms with E-state index in [9.17, 15) is 0 Å². The van der Waals surface area contributed by atoms with Crippen LogP contribution in [-0.2, 0) is 20.8 Å². The Hall–Kier alpha value is -0.400. The first-order valence-electron chi connectivity index (χ1n) is 11.5. The van der Waals surface area contributed by atoms with E-state index >= 15 is 0 Å². The second kappa shape index (κ2) is 11.1. The molecule has 0 radical (unpaired) electrons. The van der Waals surface area contributed by atoms with Gasteiger partial charge >= 0.3 is 0 Å². The fourth-order valence-electron chi connectivity index (χ4n) is 4.47. The molecule has 3 rings (SSSR count). The van der Waals surface area contributed by atoms with Gasteiger partial charge < -0.3 is 18.9 Å². The zero-order chi connectivity index (χ0) is 22.5. The zero-order valence-corrected chi connectivity index (χ0v) is 21.7. The molecule has 1 aromatic rings. The standard InChI is InChI=1S/C25H40O4S2/c1-18(8-13-22-24(2,3)29-25(4,5)28-22)21(16-23-30-14-7-15-31-23)27-17-19-9-11-20(26-6)12-10-19/h9-12,18,21-23H,7-8,13-17H2,1-6H3/t18-,21+,22-/m0/s1. The van der Waals surface area contributed by atoms with E-state index in [2.05, 4.69) is 56.4 Å². The van der Waals surface area contributed by atoms with Crippen LogP contribution in [0.2, 0.25) is 0 Å². The summed E-state index contributed by atoms with van der Waals surface area (Å²) in [5.74, 6) is 3.39. The molecule has 3 atom stereocenters. The predicted octanol–water partition coefficient (Wildman–Crippen LogP) is 6.51. The largest absolute Gasteiger partial charge is 0.497 e. The average molecular weight is 469 g/mol. The minimum absolute atomic E-state index is 0.116. The minimum Gasteiger partial charge on any atom is -0.497 e. The second-order valence-corrected chi connectivity index (χ2v) is 12.6. The lowest BCUT2D eigenvalue weighted by atomic mass is 9.90. The first-order chi connectivity index (χ1) is 14.7. The van der Waals surface area contributed by atoms with Gasteiger partial charge in [0.25, 0.3) is 0 Å². The van der Waals surface area contributed by atoms with E-state index in [0.717, 1.165) is 25.0 Å². The molecule has 0 bridgehead atoms. The Morgan fingerprint density at radius 1 is 1.10 bits per heavy atom. The summed E-state index contributed by atoms with van der Waals surface area (Å²) >= 11 is 4.20. The van der Waals surface area contributed by atoms with Gasteiger partial charge in [-0.15, -0.1) is 23.5 Å². The van der Waals surface area contributed by atoms with Gasteiger partial charge in [-0.2, -0.15) is 0 Å². The first kappa shape index (κ1) is 25.2. The van der Waals surface area contributed by atoms with Crippen LogP contribution >= 0.6 is 23.5 Å². The lowest BCUT2D eigenvalue weighted by Gasteiger charge is -2.31. The van der Waals surface area contributed by atoms with Crippen molar-refractivity contribution in [2.75, 3.05) is 18.6 Å². The Kier molecular flexibility index (Phi) is 9.07. The predicted molar refractivity (Wildman–Crippen MR) is 132 cm³/mol. The molecule has 2 saturated heterocycles. The fraction of sp³-hybridized carbons (Fsp3) is 0.760. The molecular formula is C25H40O4S2. The van der Waals surface area contributed by atoms with Gasteiger partial charge in [-0.3, -0.25) is 0 Å². The molecule has 4 nitrogen and oxygen atoms in total. The van der Waals surface area contributed by atoms with Crippen molar-refractivity contribution in [1.82, 2.24) is 0 Å². The lowest BCUT2D eigenvalue weighted by Crippen LogP contribution is -2.34. The number of methoxy groups -OCH3 is 1. The number of benzene rings is 1. The summed E-state index contributed by atoms with van der Waals surface area (Å²) in [6.45, 7) is 11.3. The Bertz CT molecular complexity index is 671. The third-order valence-electron chi connectivity index (χ3n) is 6.17. The highest BCUT2D eigenvalue weighted by molar-refractivity contribution is 8.17. The normalized spacial score (nSPS) is 25.3. The van der Waals surface area contributed by atoms with Crippen molar-refractivity contribution >= 4 is 23.5 Å². The van der Waals surface area contributed by atoms with Gasteiger partial charge in [-0.1, -0.05) is 19.1 Å². The average Bonchev–Trinajstić information content (AvgIpc) is 2.96. The summed E-state index contributed by atoms with van der Waals surface area (Å²) in [4.78, 5) is 0. The Morgan fingerprint density at radius 3 is 2.35 bits per heavy atom. The van der Waals surface area contributed by atoms with E-state index in [1.807, 2.05) is 26.0 Å². The van der Waals surface area contributed by atoms with Crippen LogP contribution < -0.4 is 4.74 Å². The van der Waals surface area contributed by atoms with Gasteiger partial charge in [0, 0.05) is 0 Å². The minimum atomic E-state index is -0.503. The molecule has 0 amide bonds. The van der Waals surface area contributed by atoms with Crippen molar-refractivity contribution in [3.63, 3.8) is 0 Å². The highest BCUT2D eigenvalue weighted by Crippen LogP contribution is 2.40. The monoisotopic (exact) mass is 468 g/mol. The number of thioether (sulfide) groups is 2. The Balaban J connectivity index is 1.58. The maximum absolute atomic E-state index is 6.53. The molecule has 0 aromatic heterocycles. The zero-order valence-electron chi connectivity index (χ0n) is 20.0. The van der Waals surface area contributed by atoms with Crippen LogP contribution in [0.5, 0.6) is 5.75 Å². The Morgan fingerprint density at radius 2 is 1.77 bits per heavy atom. The Labute approximate surface area is 197 Å². The molecule has 2 fully saturated rings. The molecule has 1 aromatic carbocycles. The highest BCUT2D eigenvalue weighted by Gasteiger charge is 2.46. The highest BCUT2D eigenvalue weighted by atomic mass is 32.2. The van der Waals surface area contributed by atoms with Gasteiger partial charge in [0.05, 0.1) is 36.1 Å². The summed E-state index contributed by atoms with van der Waals surface area (Å²) in [5, 5.41) is 0. The molecule has 0 N–H and O–H groups in total.